The van der Waals surface area contributed by atoms with Crippen LogP contribution in [0, 0.1) is 13.8 Å². The fourth-order valence-corrected chi connectivity index (χ4v) is 3.29. The van der Waals surface area contributed by atoms with Gasteiger partial charge in [-0.2, -0.15) is 0 Å². The minimum absolute atomic E-state index is 0.0576. The quantitative estimate of drug-likeness (QED) is 0.899. The monoisotopic (exact) mass is 322 g/mol. The number of thiophene rings is 1. The van der Waals surface area contributed by atoms with Crippen LogP contribution in [0.2, 0.25) is 4.34 Å². The number of nitrogens with one attached hydrogen (secondary N) is 1. The summed E-state index contributed by atoms with van der Waals surface area (Å²) in [4.78, 5) is 15.0. The maximum atomic E-state index is 12.2. The van der Waals surface area contributed by atoms with Crippen molar-refractivity contribution >= 4 is 34.5 Å². The Hall–Kier alpha value is -1.52. The Morgan fingerprint density at radius 3 is 2.48 bits per heavy atom. The fraction of sp³-hybridized carbons (Fsp3) is 0.312. The molecule has 0 aliphatic carbocycles. The van der Waals surface area contributed by atoms with Gasteiger partial charge in [-0.1, -0.05) is 29.8 Å². The molecule has 2 rings (SSSR count). The molecule has 5 heteroatoms. The number of carbonyl (C=O) groups excluding carboxylic acids is 1. The molecule has 1 heterocycles. The lowest BCUT2D eigenvalue weighted by Crippen LogP contribution is -2.31. The number of benzene rings is 1. The van der Waals surface area contributed by atoms with Crippen molar-refractivity contribution in [2.24, 2.45) is 0 Å². The van der Waals surface area contributed by atoms with Crippen molar-refractivity contribution in [2.75, 3.05) is 18.9 Å². The molecule has 21 heavy (non-hydrogen) atoms. The molecule has 0 aliphatic rings. The molecule has 3 nitrogen and oxygen atoms in total. The van der Waals surface area contributed by atoms with Crippen molar-refractivity contribution in [3.05, 3.63) is 50.7 Å². The first-order chi connectivity index (χ1) is 9.97. The van der Waals surface area contributed by atoms with E-state index in [1.807, 2.05) is 51.2 Å². The van der Waals surface area contributed by atoms with E-state index in [-0.39, 0.29) is 5.91 Å². The maximum absolute atomic E-state index is 12.2. The summed E-state index contributed by atoms with van der Waals surface area (Å²) in [7, 11) is 1.81. The summed E-state index contributed by atoms with van der Waals surface area (Å²) >= 11 is 7.41. The van der Waals surface area contributed by atoms with Gasteiger partial charge in [-0.15, -0.1) is 11.3 Å². The first-order valence-electron chi connectivity index (χ1n) is 6.75. The molecule has 0 fully saturated rings. The second-order valence-corrected chi connectivity index (χ2v) is 6.88. The van der Waals surface area contributed by atoms with E-state index in [0.717, 1.165) is 26.0 Å². The first-order valence-corrected chi connectivity index (χ1v) is 7.95. The third kappa shape index (κ3) is 4.22. The molecule has 1 amide bonds. The van der Waals surface area contributed by atoms with E-state index < -0.39 is 0 Å². The minimum atomic E-state index is 0.0576. The van der Waals surface area contributed by atoms with Crippen LogP contribution < -0.4 is 5.32 Å². The molecule has 0 saturated heterocycles. The van der Waals surface area contributed by atoms with E-state index in [4.69, 9.17) is 11.6 Å². The highest BCUT2D eigenvalue weighted by Gasteiger charge is 2.11. The normalized spacial score (nSPS) is 10.5. The van der Waals surface area contributed by atoms with Crippen molar-refractivity contribution < 1.29 is 4.79 Å². The van der Waals surface area contributed by atoms with Crippen LogP contribution in [-0.4, -0.2) is 24.4 Å². The Morgan fingerprint density at radius 2 is 1.90 bits per heavy atom. The summed E-state index contributed by atoms with van der Waals surface area (Å²) in [5, 5.41) is 3.24. The number of hydrogen-bond acceptors (Lipinski definition) is 3. The largest absolute Gasteiger partial charge is 0.376 e. The maximum Gasteiger partial charge on any atom is 0.241 e. The van der Waals surface area contributed by atoms with Crippen LogP contribution >= 0.6 is 22.9 Å². The Bertz CT molecular complexity index is 619. The van der Waals surface area contributed by atoms with Crippen LogP contribution in [0.25, 0.3) is 0 Å². The van der Waals surface area contributed by atoms with E-state index in [9.17, 15) is 4.79 Å². The SMILES string of the molecule is Cc1cccc(C)c1NCC(=O)N(C)Cc1ccc(Cl)s1. The van der Waals surface area contributed by atoms with Crippen molar-refractivity contribution in [3.63, 3.8) is 0 Å². The van der Waals surface area contributed by atoms with Gasteiger partial charge in [0.15, 0.2) is 0 Å². The lowest BCUT2D eigenvalue weighted by molar-refractivity contribution is -0.128. The average Bonchev–Trinajstić information content (AvgIpc) is 2.83. The lowest BCUT2D eigenvalue weighted by atomic mass is 10.1. The molecule has 0 unspecified atom stereocenters. The Morgan fingerprint density at radius 1 is 1.24 bits per heavy atom. The molecular weight excluding hydrogens is 304 g/mol. The third-order valence-corrected chi connectivity index (χ3v) is 4.56. The lowest BCUT2D eigenvalue weighted by Gasteiger charge is -2.18. The first kappa shape index (κ1) is 15.9. The zero-order valence-electron chi connectivity index (χ0n) is 12.4. The topological polar surface area (TPSA) is 32.3 Å². The van der Waals surface area contributed by atoms with Gasteiger partial charge in [0.05, 0.1) is 17.4 Å². The zero-order valence-corrected chi connectivity index (χ0v) is 14.0. The van der Waals surface area contributed by atoms with E-state index in [1.54, 1.807) is 4.90 Å². The van der Waals surface area contributed by atoms with E-state index >= 15 is 0 Å². The van der Waals surface area contributed by atoms with Gasteiger partial charge in [-0.25, -0.2) is 0 Å². The molecule has 1 aromatic heterocycles. The van der Waals surface area contributed by atoms with Gasteiger partial charge >= 0.3 is 0 Å². The number of nitrogens with zero attached hydrogens (tertiary/aromatic N) is 1. The second-order valence-electron chi connectivity index (χ2n) is 5.08. The number of anilines is 1. The number of likely N-dealkylation sites (N-methyl/N-ethyl adjacent to an activating group) is 1. The molecule has 2 aromatic rings. The second kappa shape index (κ2) is 6.96. The number of rotatable bonds is 5. The van der Waals surface area contributed by atoms with Gasteiger partial charge < -0.3 is 10.2 Å². The smallest absolute Gasteiger partial charge is 0.241 e. The van der Waals surface area contributed by atoms with Crippen LogP contribution in [-0.2, 0) is 11.3 Å². The number of amides is 1. The molecule has 0 spiro atoms. The number of para-hydroxylation sites is 1. The Balaban J connectivity index is 1.92. The molecule has 1 aromatic carbocycles. The third-order valence-electron chi connectivity index (χ3n) is 3.35. The molecule has 0 radical (unpaired) electrons. The zero-order chi connectivity index (χ0) is 15.4. The van der Waals surface area contributed by atoms with Crippen LogP contribution in [0.4, 0.5) is 5.69 Å². The van der Waals surface area contributed by atoms with Crippen LogP contribution in [0.1, 0.15) is 16.0 Å². The summed E-state index contributed by atoms with van der Waals surface area (Å²) in [5.74, 6) is 0.0576. The molecular formula is C16H19ClN2OS. The van der Waals surface area contributed by atoms with Crippen LogP contribution in [0.15, 0.2) is 30.3 Å². The predicted octanol–water partition coefficient (Wildman–Crippen LogP) is 4.09. The van der Waals surface area contributed by atoms with Gasteiger partial charge in [0.2, 0.25) is 5.91 Å². The van der Waals surface area contributed by atoms with Gasteiger partial charge in [-0.05, 0) is 37.1 Å². The van der Waals surface area contributed by atoms with E-state index in [2.05, 4.69) is 5.32 Å². The van der Waals surface area contributed by atoms with E-state index in [0.29, 0.717) is 13.1 Å². The molecule has 0 saturated carbocycles. The Labute approximate surface area is 134 Å². The molecule has 1 N–H and O–H groups in total. The van der Waals surface area contributed by atoms with Gasteiger partial charge in [0, 0.05) is 17.6 Å². The van der Waals surface area contributed by atoms with Gasteiger partial charge in [-0.3, -0.25) is 4.79 Å². The van der Waals surface area contributed by atoms with Crippen molar-refractivity contribution in [1.29, 1.82) is 0 Å². The number of hydrogen-bond donors (Lipinski definition) is 1. The summed E-state index contributed by atoms with van der Waals surface area (Å²) in [6, 6.07) is 9.91. The highest BCUT2D eigenvalue weighted by atomic mass is 35.5. The van der Waals surface area contributed by atoms with Crippen molar-refractivity contribution in [1.82, 2.24) is 4.90 Å². The van der Waals surface area contributed by atoms with Crippen molar-refractivity contribution in [2.45, 2.75) is 20.4 Å². The van der Waals surface area contributed by atoms with Gasteiger partial charge in [0.25, 0.3) is 0 Å². The summed E-state index contributed by atoms with van der Waals surface area (Å²) in [6.45, 7) is 4.96. The van der Waals surface area contributed by atoms with E-state index in [1.165, 1.54) is 11.3 Å². The summed E-state index contributed by atoms with van der Waals surface area (Å²) < 4.78 is 0.750. The van der Waals surface area contributed by atoms with Gasteiger partial charge in [0.1, 0.15) is 0 Å². The van der Waals surface area contributed by atoms with Crippen molar-refractivity contribution in [3.8, 4) is 0 Å². The molecule has 0 atom stereocenters. The Kier molecular flexibility index (Phi) is 5.26. The minimum Gasteiger partial charge on any atom is -0.376 e. The molecule has 0 bridgehead atoms. The highest BCUT2D eigenvalue weighted by Crippen LogP contribution is 2.22. The standard InChI is InChI=1S/C16H19ClN2OS/c1-11-5-4-6-12(2)16(11)18-9-15(20)19(3)10-13-7-8-14(17)21-13/h4-8,18H,9-10H2,1-3H3. The number of aryl methyl sites for hydroxylation is 2. The summed E-state index contributed by atoms with van der Waals surface area (Å²) in [5.41, 5.74) is 3.34. The highest BCUT2D eigenvalue weighted by molar-refractivity contribution is 7.16. The van der Waals surface area contributed by atoms with Crippen LogP contribution in [0.3, 0.4) is 0 Å². The number of carbonyl (C=O) groups is 1. The summed E-state index contributed by atoms with van der Waals surface area (Å²) in [6.07, 6.45) is 0. The predicted molar refractivity (Wildman–Crippen MR) is 90.2 cm³/mol. The molecule has 0 aliphatic heterocycles. The average molecular weight is 323 g/mol. The van der Waals surface area contributed by atoms with Crippen LogP contribution in [0.5, 0.6) is 0 Å². The number of halogens is 1. The fourth-order valence-electron chi connectivity index (χ4n) is 2.15. The molecule has 112 valence electrons.